The first-order chi connectivity index (χ1) is 12.7. The van der Waals surface area contributed by atoms with Gasteiger partial charge in [0.1, 0.15) is 13.2 Å². The van der Waals surface area contributed by atoms with E-state index in [1.165, 1.54) is 23.5 Å². The van der Waals surface area contributed by atoms with E-state index in [0.717, 1.165) is 10.8 Å². The summed E-state index contributed by atoms with van der Waals surface area (Å²) in [6.07, 6.45) is 1.19. The number of aliphatic imine (C=N–C) groups is 1. The Bertz CT molecular complexity index is 811. The van der Waals surface area contributed by atoms with Crippen molar-refractivity contribution >= 4 is 50.6 Å². The zero-order chi connectivity index (χ0) is 17.9. The fourth-order valence-electron chi connectivity index (χ4n) is 2.57. The number of hydrazone groups is 1. The SMILES string of the molecule is O=C1CCCN2N=C(SCC(=O)Nc3ccc4c(c3)OCCO4)SC2=N1. The minimum atomic E-state index is -0.143. The van der Waals surface area contributed by atoms with Gasteiger partial charge in [0.15, 0.2) is 21.0 Å². The molecule has 1 aromatic carbocycles. The van der Waals surface area contributed by atoms with E-state index in [2.05, 4.69) is 15.4 Å². The molecule has 26 heavy (non-hydrogen) atoms. The first-order valence-corrected chi connectivity index (χ1v) is 9.95. The summed E-state index contributed by atoms with van der Waals surface area (Å²) in [5.74, 6) is 1.27. The monoisotopic (exact) mass is 392 g/mol. The van der Waals surface area contributed by atoms with Crippen LogP contribution >= 0.6 is 23.5 Å². The van der Waals surface area contributed by atoms with Gasteiger partial charge in [-0.25, -0.2) is 5.01 Å². The van der Waals surface area contributed by atoms with E-state index in [0.29, 0.717) is 48.5 Å². The summed E-state index contributed by atoms with van der Waals surface area (Å²) in [5, 5.41) is 9.59. The molecule has 3 aliphatic heterocycles. The average molecular weight is 392 g/mol. The van der Waals surface area contributed by atoms with Gasteiger partial charge in [0.05, 0.1) is 5.75 Å². The molecule has 3 aliphatic rings. The van der Waals surface area contributed by atoms with Crippen LogP contribution in [-0.4, -0.2) is 51.9 Å². The number of carbonyl (C=O) groups is 2. The number of benzene rings is 1. The number of carbonyl (C=O) groups excluding carboxylic acids is 2. The number of nitrogens with one attached hydrogen (secondary N) is 1. The van der Waals surface area contributed by atoms with Crippen LogP contribution in [0.15, 0.2) is 28.3 Å². The molecule has 0 spiro atoms. The summed E-state index contributed by atoms with van der Waals surface area (Å²) in [4.78, 5) is 27.8. The second kappa shape index (κ2) is 7.58. The first kappa shape index (κ1) is 17.2. The van der Waals surface area contributed by atoms with Gasteiger partial charge in [0, 0.05) is 24.7 Å². The number of rotatable bonds is 3. The Hall–Kier alpha value is -2.20. The third-order valence-electron chi connectivity index (χ3n) is 3.74. The molecule has 0 atom stereocenters. The van der Waals surface area contributed by atoms with Gasteiger partial charge in [-0.3, -0.25) is 9.59 Å². The van der Waals surface area contributed by atoms with Gasteiger partial charge in [-0.15, -0.1) is 0 Å². The molecule has 1 N–H and O–H groups in total. The van der Waals surface area contributed by atoms with E-state index in [4.69, 9.17) is 9.47 Å². The number of anilines is 1. The molecule has 4 rings (SSSR count). The molecule has 136 valence electrons. The van der Waals surface area contributed by atoms with E-state index >= 15 is 0 Å². The third-order valence-corrected chi connectivity index (χ3v) is 5.81. The van der Waals surface area contributed by atoms with Crippen LogP contribution in [0.1, 0.15) is 12.8 Å². The molecule has 0 aliphatic carbocycles. The number of thioether (sulfide) groups is 2. The lowest BCUT2D eigenvalue weighted by molar-refractivity contribution is -0.117. The van der Waals surface area contributed by atoms with Crippen molar-refractivity contribution in [2.24, 2.45) is 10.1 Å². The number of fused-ring (bicyclic) bond motifs is 2. The van der Waals surface area contributed by atoms with E-state index < -0.39 is 0 Å². The lowest BCUT2D eigenvalue weighted by atomic mass is 10.2. The molecule has 0 saturated heterocycles. The Morgan fingerprint density at radius 1 is 1.31 bits per heavy atom. The maximum Gasteiger partial charge on any atom is 0.248 e. The second-order valence-electron chi connectivity index (χ2n) is 5.68. The predicted molar refractivity (Wildman–Crippen MR) is 102 cm³/mol. The maximum absolute atomic E-state index is 12.2. The van der Waals surface area contributed by atoms with Crippen molar-refractivity contribution in [3.63, 3.8) is 0 Å². The molecular formula is C16H16N4O4S2. The summed E-state index contributed by atoms with van der Waals surface area (Å²) in [7, 11) is 0. The minimum absolute atomic E-state index is 0.118. The molecule has 8 nitrogen and oxygen atoms in total. The molecule has 2 amide bonds. The lowest BCUT2D eigenvalue weighted by Gasteiger charge is -2.18. The largest absolute Gasteiger partial charge is 0.486 e. The Labute approximate surface area is 158 Å². The van der Waals surface area contributed by atoms with Crippen LogP contribution in [0.3, 0.4) is 0 Å². The zero-order valence-corrected chi connectivity index (χ0v) is 15.4. The number of amides is 2. The van der Waals surface area contributed by atoms with Gasteiger partial charge >= 0.3 is 0 Å². The third kappa shape index (κ3) is 3.96. The van der Waals surface area contributed by atoms with Crippen molar-refractivity contribution < 1.29 is 19.1 Å². The highest BCUT2D eigenvalue weighted by atomic mass is 32.2. The number of hydrogen-bond donors (Lipinski definition) is 1. The number of nitrogens with zero attached hydrogens (tertiary/aromatic N) is 3. The van der Waals surface area contributed by atoms with Crippen molar-refractivity contribution in [3.05, 3.63) is 18.2 Å². The number of ether oxygens (including phenoxy) is 2. The van der Waals surface area contributed by atoms with Crippen LogP contribution in [0.2, 0.25) is 0 Å². The highest BCUT2D eigenvalue weighted by Crippen LogP contribution is 2.33. The van der Waals surface area contributed by atoms with E-state index in [1.807, 2.05) is 0 Å². The highest BCUT2D eigenvalue weighted by Gasteiger charge is 2.27. The summed E-state index contributed by atoms with van der Waals surface area (Å²) in [5.41, 5.74) is 0.657. The normalized spacial score (nSPS) is 18.6. The molecule has 0 saturated carbocycles. The molecule has 0 unspecified atom stereocenters. The van der Waals surface area contributed by atoms with E-state index in [-0.39, 0.29) is 17.6 Å². The second-order valence-corrected chi connectivity index (χ2v) is 7.86. The van der Waals surface area contributed by atoms with Crippen LogP contribution in [0.4, 0.5) is 5.69 Å². The topological polar surface area (TPSA) is 92.6 Å². The van der Waals surface area contributed by atoms with Crippen molar-refractivity contribution in [2.75, 3.05) is 30.8 Å². The molecule has 0 fully saturated rings. The summed E-state index contributed by atoms with van der Waals surface area (Å²) in [6.45, 7) is 1.70. The lowest BCUT2D eigenvalue weighted by Crippen LogP contribution is -2.18. The summed E-state index contributed by atoms with van der Waals surface area (Å²) < 4.78 is 11.7. The predicted octanol–water partition coefficient (Wildman–Crippen LogP) is 2.13. The molecule has 10 heteroatoms. The Morgan fingerprint density at radius 2 is 2.15 bits per heavy atom. The van der Waals surface area contributed by atoms with Crippen LogP contribution in [0, 0.1) is 0 Å². The van der Waals surface area contributed by atoms with Gasteiger partial charge in [-0.05, 0) is 30.3 Å². The van der Waals surface area contributed by atoms with E-state index in [1.54, 1.807) is 23.2 Å². The molecule has 0 aromatic heterocycles. The Kier molecular flexibility index (Phi) is 5.02. The standard InChI is InChI=1S/C16H16N4O4S2/c21-13-2-1-5-20-15(18-13)26-16(19-20)25-9-14(22)17-10-3-4-11-12(8-10)24-7-6-23-11/h3-4,8H,1-2,5-7,9H2,(H,17,22). The van der Waals surface area contributed by atoms with Crippen molar-refractivity contribution in [1.29, 1.82) is 0 Å². The van der Waals surface area contributed by atoms with Crippen molar-refractivity contribution in [2.45, 2.75) is 12.8 Å². The van der Waals surface area contributed by atoms with E-state index in [9.17, 15) is 9.59 Å². The van der Waals surface area contributed by atoms with Crippen molar-refractivity contribution in [1.82, 2.24) is 5.01 Å². The first-order valence-electron chi connectivity index (χ1n) is 8.15. The Morgan fingerprint density at radius 3 is 3.04 bits per heavy atom. The molecule has 0 bridgehead atoms. The van der Waals surface area contributed by atoms with Crippen LogP contribution in [0.25, 0.3) is 0 Å². The molecule has 1 aromatic rings. The fourth-order valence-corrected chi connectivity index (χ4v) is 4.36. The van der Waals surface area contributed by atoms with Crippen LogP contribution in [-0.2, 0) is 9.59 Å². The summed E-state index contributed by atoms with van der Waals surface area (Å²) in [6, 6.07) is 5.31. The Balaban J connectivity index is 1.31. The number of amidine groups is 1. The highest BCUT2D eigenvalue weighted by molar-refractivity contribution is 8.45. The smallest absolute Gasteiger partial charge is 0.248 e. The summed E-state index contributed by atoms with van der Waals surface area (Å²) >= 11 is 2.66. The average Bonchev–Trinajstić information content (AvgIpc) is 2.93. The fraction of sp³-hybridized carbons (Fsp3) is 0.375. The van der Waals surface area contributed by atoms with Gasteiger partial charge < -0.3 is 14.8 Å². The van der Waals surface area contributed by atoms with Gasteiger partial charge in [0.2, 0.25) is 11.8 Å². The zero-order valence-electron chi connectivity index (χ0n) is 13.8. The van der Waals surface area contributed by atoms with Gasteiger partial charge in [-0.2, -0.15) is 10.1 Å². The molecule has 3 heterocycles. The van der Waals surface area contributed by atoms with Gasteiger partial charge in [-0.1, -0.05) is 11.8 Å². The van der Waals surface area contributed by atoms with Crippen molar-refractivity contribution in [3.8, 4) is 11.5 Å². The van der Waals surface area contributed by atoms with Crippen LogP contribution in [0.5, 0.6) is 11.5 Å². The minimum Gasteiger partial charge on any atom is -0.486 e. The maximum atomic E-state index is 12.2. The van der Waals surface area contributed by atoms with Crippen LogP contribution < -0.4 is 14.8 Å². The quantitative estimate of drug-likeness (QED) is 0.842. The molecule has 0 radical (unpaired) electrons. The van der Waals surface area contributed by atoms with Gasteiger partial charge in [0.25, 0.3) is 0 Å². The molecular weight excluding hydrogens is 376 g/mol. The number of hydrogen-bond acceptors (Lipinski definition) is 8.